The molecule has 0 aromatic heterocycles. The van der Waals surface area contributed by atoms with E-state index in [1.807, 2.05) is 12.1 Å². The number of hydrogen-bond donors (Lipinski definition) is 3. The average molecular weight is 619 g/mol. The van der Waals surface area contributed by atoms with Crippen LogP contribution in [-0.2, 0) is 16.6 Å². The number of carbonyl (C=O) groups excluding carboxylic acids is 1. The number of ether oxygens (including phenoxy) is 3. The van der Waals surface area contributed by atoms with E-state index in [-0.39, 0.29) is 31.5 Å². The van der Waals surface area contributed by atoms with Crippen molar-refractivity contribution in [2.24, 2.45) is 11.1 Å². The summed E-state index contributed by atoms with van der Waals surface area (Å²) in [6.45, 7) is 1.91. The molecule has 2 atom stereocenters. The summed E-state index contributed by atoms with van der Waals surface area (Å²) < 4.78 is 41.6. The lowest BCUT2D eigenvalue weighted by molar-refractivity contribution is 0.125. The van der Waals surface area contributed by atoms with Crippen molar-refractivity contribution < 1.29 is 27.4 Å². The zero-order valence-electron chi connectivity index (χ0n) is 22.8. The van der Waals surface area contributed by atoms with E-state index >= 15 is 0 Å². The molecule has 2 saturated heterocycles. The first kappa shape index (κ1) is 32.0. The summed E-state index contributed by atoms with van der Waals surface area (Å²) in [5.74, 6) is 1.72. The summed E-state index contributed by atoms with van der Waals surface area (Å²) >= 11 is 6.01. The van der Waals surface area contributed by atoms with Gasteiger partial charge in [0, 0.05) is 36.3 Å². The van der Waals surface area contributed by atoms with Crippen LogP contribution in [0.5, 0.6) is 17.2 Å². The van der Waals surface area contributed by atoms with Crippen molar-refractivity contribution >= 4 is 45.9 Å². The van der Waals surface area contributed by atoms with Gasteiger partial charge in [-0.15, -0.1) is 12.4 Å². The van der Waals surface area contributed by atoms with Gasteiger partial charge in [0.05, 0.1) is 33.1 Å². The summed E-state index contributed by atoms with van der Waals surface area (Å²) in [6.07, 6.45) is 2.91. The molecule has 2 aromatic rings. The molecule has 222 valence electrons. The van der Waals surface area contributed by atoms with Gasteiger partial charge >= 0.3 is 6.03 Å². The van der Waals surface area contributed by atoms with E-state index in [1.54, 1.807) is 12.1 Å². The van der Waals surface area contributed by atoms with Crippen LogP contribution in [0, 0.1) is 5.92 Å². The lowest BCUT2D eigenvalue weighted by Gasteiger charge is -2.38. The van der Waals surface area contributed by atoms with E-state index in [0.29, 0.717) is 28.9 Å². The summed E-state index contributed by atoms with van der Waals surface area (Å²) in [5.41, 5.74) is 1.69. The Labute approximate surface area is 246 Å². The number of nitrogens with two attached hydrogens (primary N) is 1. The fourth-order valence-electron chi connectivity index (χ4n) is 5.40. The van der Waals surface area contributed by atoms with Gasteiger partial charge in [0.15, 0.2) is 11.5 Å². The van der Waals surface area contributed by atoms with Crippen molar-refractivity contribution in [2.45, 2.75) is 31.3 Å². The third kappa shape index (κ3) is 7.83. The molecule has 0 aliphatic carbocycles. The minimum atomic E-state index is -3.91. The highest BCUT2D eigenvalue weighted by Gasteiger charge is 2.42. The number of rotatable bonds is 9. The van der Waals surface area contributed by atoms with Gasteiger partial charge in [-0.3, -0.25) is 4.90 Å². The zero-order chi connectivity index (χ0) is 28.2. The molecule has 0 spiro atoms. The first-order valence-electron chi connectivity index (χ1n) is 12.7. The molecule has 11 nitrogen and oxygen atoms in total. The molecule has 2 aliphatic heterocycles. The lowest BCUT2D eigenvalue weighted by Crippen LogP contribution is -2.54. The van der Waals surface area contributed by atoms with Crippen LogP contribution >= 0.6 is 24.0 Å². The highest BCUT2D eigenvalue weighted by atomic mass is 35.5. The standard InChI is InChI=1S/C26H36ClN5O6S.ClH/c1-36-23-13-20(14-24(37-2)25(23)38-3)29-26(33)30-21-15-32(39(28,34)35)16-22(21)31-10-8-18(9-11-31)12-17-4-6-19(27)7-5-17;/h4-7,13-14,18,21-22H,8-12,15-16H2,1-3H3,(H2,28,34,35)(H2,29,30,33);1H/t21-,22-;/m0./s1. The predicted molar refractivity (Wildman–Crippen MR) is 157 cm³/mol. The van der Waals surface area contributed by atoms with Gasteiger partial charge in [0.2, 0.25) is 5.75 Å². The number of halogens is 2. The summed E-state index contributed by atoms with van der Waals surface area (Å²) in [6, 6.07) is 10.0. The predicted octanol–water partition coefficient (Wildman–Crippen LogP) is 3.12. The van der Waals surface area contributed by atoms with Crippen molar-refractivity contribution in [3.8, 4) is 17.2 Å². The number of amides is 2. The normalized spacial score (nSPS) is 20.4. The van der Waals surface area contributed by atoms with Crippen molar-refractivity contribution in [3.05, 3.63) is 47.0 Å². The van der Waals surface area contributed by atoms with Crippen LogP contribution < -0.4 is 30.0 Å². The van der Waals surface area contributed by atoms with Gasteiger partial charge in [0.1, 0.15) is 0 Å². The minimum Gasteiger partial charge on any atom is -0.493 e. The molecule has 40 heavy (non-hydrogen) atoms. The number of benzene rings is 2. The van der Waals surface area contributed by atoms with Crippen molar-refractivity contribution in [1.82, 2.24) is 14.5 Å². The molecule has 4 N–H and O–H groups in total. The fourth-order valence-corrected chi connectivity index (χ4v) is 6.26. The second kappa shape index (κ2) is 13.9. The molecule has 2 heterocycles. The van der Waals surface area contributed by atoms with E-state index in [4.69, 9.17) is 31.0 Å². The fraction of sp³-hybridized carbons (Fsp3) is 0.500. The highest BCUT2D eigenvalue weighted by molar-refractivity contribution is 7.86. The third-order valence-electron chi connectivity index (χ3n) is 7.41. The van der Waals surface area contributed by atoms with Crippen LogP contribution in [-0.4, -0.2) is 83.2 Å². The topological polar surface area (TPSA) is 135 Å². The number of likely N-dealkylation sites (tertiary alicyclic amines) is 1. The van der Waals surface area contributed by atoms with E-state index < -0.39 is 22.3 Å². The Kier molecular flexibility index (Phi) is 11.2. The summed E-state index contributed by atoms with van der Waals surface area (Å²) in [4.78, 5) is 15.3. The molecule has 0 radical (unpaired) electrons. The second-order valence-electron chi connectivity index (χ2n) is 9.86. The molecule has 2 aliphatic rings. The average Bonchev–Trinajstić information content (AvgIpc) is 3.34. The summed E-state index contributed by atoms with van der Waals surface area (Å²) in [5, 5.41) is 11.9. The van der Waals surface area contributed by atoms with Crippen molar-refractivity contribution in [1.29, 1.82) is 0 Å². The van der Waals surface area contributed by atoms with E-state index in [1.165, 1.54) is 31.2 Å². The van der Waals surface area contributed by atoms with Gasteiger partial charge in [-0.1, -0.05) is 23.7 Å². The van der Waals surface area contributed by atoms with Crippen LogP contribution in [0.15, 0.2) is 36.4 Å². The second-order valence-corrected chi connectivity index (χ2v) is 11.8. The Morgan fingerprint density at radius 2 is 1.62 bits per heavy atom. The number of carbonyl (C=O) groups is 1. The molecule has 2 aromatic carbocycles. The number of hydrogen-bond acceptors (Lipinski definition) is 7. The van der Waals surface area contributed by atoms with Gasteiger partial charge < -0.3 is 24.8 Å². The molecule has 0 unspecified atom stereocenters. The quantitative estimate of drug-likeness (QED) is 0.393. The molecule has 0 saturated carbocycles. The molecular weight excluding hydrogens is 581 g/mol. The Morgan fingerprint density at radius 1 is 1.02 bits per heavy atom. The van der Waals surface area contributed by atoms with Crippen LogP contribution in [0.25, 0.3) is 0 Å². The highest BCUT2D eigenvalue weighted by Crippen LogP contribution is 2.40. The molecule has 2 amide bonds. The van der Waals surface area contributed by atoms with E-state index in [9.17, 15) is 13.2 Å². The number of nitrogens with zero attached hydrogens (tertiary/aromatic N) is 2. The molecule has 4 rings (SSSR count). The maximum Gasteiger partial charge on any atom is 0.319 e. The number of piperidine rings is 1. The Hall–Kier alpha value is -2.48. The Morgan fingerprint density at radius 3 is 2.15 bits per heavy atom. The SMILES string of the molecule is COc1cc(NC(=O)N[C@H]2CN(S(N)(=O)=O)C[C@@H]2N2CCC(Cc3ccc(Cl)cc3)CC2)cc(OC)c1OC.Cl. The number of methoxy groups -OCH3 is 3. The maximum atomic E-state index is 13.0. The number of urea groups is 1. The molecule has 0 bridgehead atoms. The largest absolute Gasteiger partial charge is 0.493 e. The van der Waals surface area contributed by atoms with E-state index in [0.717, 1.165) is 37.4 Å². The van der Waals surface area contributed by atoms with Gasteiger partial charge in [-0.2, -0.15) is 12.7 Å². The van der Waals surface area contributed by atoms with Crippen LogP contribution in [0.3, 0.4) is 0 Å². The Bertz CT molecular complexity index is 1230. The van der Waals surface area contributed by atoms with Crippen LogP contribution in [0.2, 0.25) is 5.02 Å². The Balaban J connectivity index is 0.00000441. The van der Waals surface area contributed by atoms with Gasteiger partial charge in [0.25, 0.3) is 10.2 Å². The lowest BCUT2D eigenvalue weighted by atomic mass is 9.89. The van der Waals surface area contributed by atoms with Crippen LogP contribution in [0.4, 0.5) is 10.5 Å². The first-order valence-corrected chi connectivity index (χ1v) is 14.6. The van der Waals surface area contributed by atoms with E-state index in [2.05, 4.69) is 27.7 Å². The summed E-state index contributed by atoms with van der Waals surface area (Å²) in [7, 11) is 0.575. The zero-order valence-corrected chi connectivity index (χ0v) is 25.2. The third-order valence-corrected chi connectivity index (χ3v) is 8.68. The van der Waals surface area contributed by atoms with Crippen molar-refractivity contribution in [2.75, 3.05) is 52.8 Å². The first-order chi connectivity index (χ1) is 18.6. The van der Waals surface area contributed by atoms with Crippen molar-refractivity contribution in [3.63, 3.8) is 0 Å². The number of anilines is 1. The number of nitrogens with one attached hydrogen (secondary N) is 2. The molecular formula is C26H37Cl2N5O6S. The van der Waals surface area contributed by atoms with Gasteiger partial charge in [-0.25, -0.2) is 9.93 Å². The minimum absolute atomic E-state index is 0. The maximum absolute atomic E-state index is 13.0. The molecule has 14 heteroatoms. The van der Waals surface area contributed by atoms with Gasteiger partial charge in [-0.05, 0) is 56.0 Å². The molecule has 2 fully saturated rings. The smallest absolute Gasteiger partial charge is 0.319 e. The van der Waals surface area contributed by atoms with Crippen LogP contribution in [0.1, 0.15) is 18.4 Å². The monoisotopic (exact) mass is 617 g/mol.